The second kappa shape index (κ2) is 6.12. The first-order chi connectivity index (χ1) is 9.10. The second-order valence-corrected chi connectivity index (χ2v) is 5.01. The highest BCUT2D eigenvalue weighted by molar-refractivity contribution is 5.78. The molecule has 1 aliphatic rings. The molecule has 2 rings (SSSR count). The SMILES string of the molecule is CN1CCCN(Cc2ccc(CN)cc2F)CC1=O. The van der Waals surface area contributed by atoms with Crippen LogP contribution in [0, 0.1) is 5.82 Å². The number of amides is 1. The fourth-order valence-electron chi connectivity index (χ4n) is 2.27. The summed E-state index contributed by atoms with van der Waals surface area (Å²) >= 11 is 0. The first-order valence-corrected chi connectivity index (χ1v) is 6.54. The zero-order valence-electron chi connectivity index (χ0n) is 11.2. The number of hydrogen-bond donors (Lipinski definition) is 1. The monoisotopic (exact) mass is 265 g/mol. The van der Waals surface area contributed by atoms with Gasteiger partial charge >= 0.3 is 0 Å². The minimum Gasteiger partial charge on any atom is -0.345 e. The Morgan fingerprint density at radius 2 is 2.16 bits per heavy atom. The molecule has 1 aliphatic heterocycles. The lowest BCUT2D eigenvalue weighted by Gasteiger charge is -2.19. The number of halogens is 1. The maximum atomic E-state index is 13.9. The number of carbonyl (C=O) groups is 1. The van der Waals surface area contributed by atoms with E-state index >= 15 is 0 Å². The van der Waals surface area contributed by atoms with Gasteiger partial charge in [-0.2, -0.15) is 0 Å². The molecule has 104 valence electrons. The second-order valence-electron chi connectivity index (χ2n) is 5.01. The molecule has 0 atom stereocenters. The van der Waals surface area contributed by atoms with Crippen molar-refractivity contribution >= 4 is 5.91 Å². The van der Waals surface area contributed by atoms with Crippen molar-refractivity contribution in [3.8, 4) is 0 Å². The predicted molar refractivity (Wildman–Crippen MR) is 71.8 cm³/mol. The summed E-state index contributed by atoms with van der Waals surface area (Å²) in [4.78, 5) is 15.5. The average molecular weight is 265 g/mol. The molecule has 0 saturated carbocycles. The van der Waals surface area contributed by atoms with Crippen molar-refractivity contribution in [3.63, 3.8) is 0 Å². The van der Waals surface area contributed by atoms with Crippen LogP contribution in [-0.4, -0.2) is 42.4 Å². The molecule has 0 bridgehead atoms. The average Bonchev–Trinajstić information content (AvgIpc) is 2.54. The van der Waals surface area contributed by atoms with E-state index < -0.39 is 0 Å². The van der Waals surface area contributed by atoms with Crippen molar-refractivity contribution in [2.24, 2.45) is 5.73 Å². The number of rotatable bonds is 3. The smallest absolute Gasteiger partial charge is 0.236 e. The fraction of sp³-hybridized carbons (Fsp3) is 0.500. The number of carbonyl (C=O) groups excluding carboxylic acids is 1. The van der Waals surface area contributed by atoms with E-state index in [4.69, 9.17) is 5.73 Å². The van der Waals surface area contributed by atoms with Crippen LogP contribution in [0.3, 0.4) is 0 Å². The molecular formula is C14H20FN3O. The molecule has 1 saturated heterocycles. The van der Waals surface area contributed by atoms with E-state index in [0.717, 1.165) is 25.1 Å². The van der Waals surface area contributed by atoms with E-state index in [1.54, 1.807) is 11.0 Å². The molecule has 4 nitrogen and oxygen atoms in total. The van der Waals surface area contributed by atoms with Crippen molar-refractivity contribution in [3.05, 3.63) is 35.1 Å². The van der Waals surface area contributed by atoms with E-state index in [1.807, 2.05) is 18.0 Å². The van der Waals surface area contributed by atoms with E-state index in [-0.39, 0.29) is 11.7 Å². The van der Waals surface area contributed by atoms with Gasteiger partial charge in [0.25, 0.3) is 0 Å². The molecule has 0 radical (unpaired) electrons. The normalized spacial score (nSPS) is 17.6. The van der Waals surface area contributed by atoms with E-state index in [2.05, 4.69) is 0 Å². The van der Waals surface area contributed by atoms with Crippen LogP contribution in [0.1, 0.15) is 17.5 Å². The highest BCUT2D eigenvalue weighted by Gasteiger charge is 2.19. The minimum atomic E-state index is -0.243. The number of nitrogens with two attached hydrogens (primary N) is 1. The Hall–Kier alpha value is -1.46. The van der Waals surface area contributed by atoms with Gasteiger partial charge in [-0.25, -0.2) is 4.39 Å². The van der Waals surface area contributed by atoms with Gasteiger partial charge < -0.3 is 10.6 Å². The van der Waals surface area contributed by atoms with Crippen LogP contribution in [0.4, 0.5) is 4.39 Å². The van der Waals surface area contributed by atoms with Crippen molar-refractivity contribution in [1.82, 2.24) is 9.80 Å². The first-order valence-electron chi connectivity index (χ1n) is 6.54. The van der Waals surface area contributed by atoms with Gasteiger partial charge in [-0.05, 0) is 18.1 Å². The largest absolute Gasteiger partial charge is 0.345 e. The molecule has 1 fully saturated rings. The summed E-state index contributed by atoms with van der Waals surface area (Å²) in [5, 5.41) is 0. The van der Waals surface area contributed by atoms with Crippen LogP contribution in [-0.2, 0) is 17.9 Å². The first kappa shape index (κ1) is 14.0. The summed E-state index contributed by atoms with van der Waals surface area (Å²) in [5.41, 5.74) is 6.88. The summed E-state index contributed by atoms with van der Waals surface area (Å²) in [5.74, 6) is -0.149. The van der Waals surface area contributed by atoms with Crippen LogP contribution >= 0.6 is 0 Å². The number of benzene rings is 1. The maximum absolute atomic E-state index is 13.9. The zero-order chi connectivity index (χ0) is 13.8. The van der Waals surface area contributed by atoms with Gasteiger partial charge in [0.2, 0.25) is 5.91 Å². The molecule has 0 unspecified atom stereocenters. The van der Waals surface area contributed by atoms with Crippen molar-refractivity contribution in [2.45, 2.75) is 19.5 Å². The molecule has 5 heteroatoms. The number of hydrogen-bond acceptors (Lipinski definition) is 3. The molecule has 1 aromatic rings. The van der Waals surface area contributed by atoms with Crippen molar-refractivity contribution < 1.29 is 9.18 Å². The van der Waals surface area contributed by atoms with Gasteiger partial charge in [0.15, 0.2) is 0 Å². The Kier molecular flexibility index (Phi) is 4.50. The fourth-order valence-corrected chi connectivity index (χ4v) is 2.27. The lowest BCUT2D eigenvalue weighted by Crippen LogP contribution is -2.34. The summed E-state index contributed by atoms with van der Waals surface area (Å²) in [7, 11) is 1.81. The van der Waals surface area contributed by atoms with E-state index in [0.29, 0.717) is 25.2 Å². The van der Waals surface area contributed by atoms with Crippen LogP contribution in [0.2, 0.25) is 0 Å². The Bertz CT molecular complexity index is 464. The molecular weight excluding hydrogens is 245 g/mol. The van der Waals surface area contributed by atoms with Crippen LogP contribution in [0.5, 0.6) is 0 Å². The molecule has 19 heavy (non-hydrogen) atoms. The zero-order valence-corrected chi connectivity index (χ0v) is 11.2. The number of nitrogens with zero attached hydrogens (tertiary/aromatic N) is 2. The van der Waals surface area contributed by atoms with Crippen LogP contribution in [0.25, 0.3) is 0 Å². The molecule has 2 N–H and O–H groups in total. The Balaban J connectivity index is 2.06. The maximum Gasteiger partial charge on any atom is 0.236 e. The lowest BCUT2D eigenvalue weighted by atomic mass is 10.1. The topological polar surface area (TPSA) is 49.6 Å². The minimum absolute atomic E-state index is 0.0940. The standard InChI is InChI=1S/C14H20FN3O/c1-17-5-2-6-18(10-14(17)19)9-12-4-3-11(8-16)7-13(12)15/h3-4,7H,2,5-6,8-10,16H2,1H3. The summed E-state index contributed by atoms with van der Waals surface area (Å²) < 4.78 is 13.9. The highest BCUT2D eigenvalue weighted by atomic mass is 19.1. The van der Waals surface area contributed by atoms with Gasteiger partial charge in [0.1, 0.15) is 5.82 Å². The third-order valence-electron chi connectivity index (χ3n) is 3.50. The molecule has 1 heterocycles. The highest BCUT2D eigenvalue weighted by Crippen LogP contribution is 2.14. The van der Waals surface area contributed by atoms with E-state index in [1.165, 1.54) is 6.07 Å². The van der Waals surface area contributed by atoms with Gasteiger partial charge in [-0.3, -0.25) is 9.69 Å². The summed E-state index contributed by atoms with van der Waals surface area (Å²) in [6, 6.07) is 5.07. The molecule has 0 spiro atoms. The van der Waals surface area contributed by atoms with Gasteiger partial charge in [0, 0.05) is 38.8 Å². The molecule has 1 aromatic carbocycles. The van der Waals surface area contributed by atoms with Crippen molar-refractivity contribution in [1.29, 1.82) is 0 Å². The summed E-state index contributed by atoms with van der Waals surface area (Å²) in [6.45, 7) is 2.74. The Morgan fingerprint density at radius 3 is 2.84 bits per heavy atom. The summed E-state index contributed by atoms with van der Waals surface area (Å²) in [6.07, 6.45) is 0.921. The van der Waals surface area contributed by atoms with Crippen LogP contribution < -0.4 is 5.73 Å². The lowest BCUT2D eigenvalue weighted by molar-refractivity contribution is -0.130. The molecule has 0 aliphatic carbocycles. The van der Waals surface area contributed by atoms with Gasteiger partial charge in [-0.15, -0.1) is 0 Å². The van der Waals surface area contributed by atoms with Crippen LogP contribution in [0.15, 0.2) is 18.2 Å². The quantitative estimate of drug-likeness (QED) is 0.885. The Morgan fingerprint density at radius 1 is 1.37 bits per heavy atom. The van der Waals surface area contributed by atoms with Gasteiger partial charge in [0.05, 0.1) is 6.54 Å². The third-order valence-corrected chi connectivity index (χ3v) is 3.50. The number of likely N-dealkylation sites (N-methyl/N-ethyl adjacent to an activating group) is 1. The van der Waals surface area contributed by atoms with Gasteiger partial charge in [-0.1, -0.05) is 12.1 Å². The molecule has 0 aromatic heterocycles. The van der Waals surface area contributed by atoms with Crippen molar-refractivity contribution in [2.75, 3.05) is 26.7 Å². The van der Waals surface area contributed by atoms with E-state index in [9.17, 15) is 9.18 Å². The Labute approximate surface area is 113 Å². The third kappa shape index (κ3) is 3.52. The predicted octanol–water partition coefficient (Wildman–Crippen LogP) is 0.949. The molecule has 1 amide bonds.